The highest BCUT2D eigenvalue weighted by atomic mass is 28.3. The Kier molecular flexibility index (Phi) is 4.86. The molecule has 0 saturated heterocycles. The van der Waals surface area contributed by atoms with E-state index in [1.54, 1.807) is 6.07 Å². The molecule has 4 heteroatoms. The van der Waals surface area contributed by atoms with E-state index in [1.807, 2.05) is 18.3 Å². The van der Waals surface area contributed by atoms with E-state index in [0.717, 1.165) is 5.52 Å². The molecule has 0 N–H and O–H groups in total. The Bertz CT molecular complexity index is 709. The molecule has 2 nitrogen and oxygen atoms in total. The number of ketones is 1. The molecule has 1 heterocycles. The molecule has 1 aromatic carbocycles. The number of halogens is 1. The van der Waals surface area contributed by atoms with Crippen LogP contribution in [0.25, 0.3) is 10.9 Å². The summed E-state index contributed by atoms with van der Waals surface area (Å²) in [7, 11) is -1.92. The maximum atomic E-state index is 14.7. The number of Topliss-reactive ketones (excluding diaryl/α,β-unsaturated/α-hetero) is 1. The number of rotatable bonds is 5. The van der Waals surface area contributed by atoms with Crippen molar-refractivity contribution in [2.75, 3.05) is 0 Å². The van der Waals surface area contributed by atoms with Gasteiger partial charge in [-0.25, -0.2) is 4.39 Å². The second-order valence-electron chi connectivity index (χ2n) is 7.45. The number of hydrogen-bond acceptors (Lipinski definition) is 1. The molecule has 0 unspecified atom stereocenters. The van der Waals surface area contributed by atoms with Gasteiger partial charge in [-0.3, -0.25) is 4.79 Å². The van der Waals surface area contributed by atoms with Crippen molar-refractivity contribution in [3.63, 3.8) is 0 Å². The maximum absolute atomic E-state index is 14.7. The number of carbonyl (C=O) groups is 1. The standard InChI is InChI=1S/C19H28FNOSi/c1-12(2)23(13(3)4,14(5)6)21-11-10-17-18(21)9-8-16(15(7)22)19(17)20/h8-14H,1-7H3. The fourth-order valence-corrected chi connectivity index (χ4v) is 11.2. The van der Waals surface area contributed by atoms with Crippen LogP contribution in [0.3, 0.4) is 0 Å². The Morgan fingerprint density at radius 2 is 1.52 bits per heavy atom. The summed E-state index contributed by atoms with van der Waals surface area (Å²) in [5.41, 5.74) is 2.72. The fraction of sp³-hybridized carbons (Fsp3) is 0.526. The zero-order valence-electron chi connectivity index (χ0n) is 15.3. The predicted octanol–water partition coefficient (Wildman–Crippen LogP) is 6.01. The van der Waals surface area contributed by atoms with Crippen LogP contribution in [-0.2, 0) is 0 Å². The van der Waals surface area contributed by atoms with Crippen LogP contribution >= 0.6 is 0 Å². The first kappa shape index (κ1) is 17.9. The van der Waals surface area contributed by atoms with E-state index < -0.39 is 8.24 Å². The van der Waals surface area contributed by atoms with Gasteiger partial charge in [0.25, 0.3) is 0 Å². The number of carbonyl (C=O) groups excluding carboxylic acids is 1. The van der Waals surface area contributed by atoms with E-state index in [2.05, 4.69) is 45.8 Å². The molecule has 0 saturated carbocycles. The minimum absolute atomic E-state index is 0.182. The highest BCUT2D eigenvalue weighted by Crippen LogP contribution is 2.44. The smallest absolute Gasteiger partial charge is 0.169 e. The topological polar surface area (TPSA) is 22.0 Å². The summed E-state index contributed by atoms with van der Waals surface area (Å²) in [5.74, 6) is -0.606. The summed E-state index contributed by atoms with van der Waals surface area (Å²) >= 11 is 0. The molecule has 1 aromatic heterocycles. The average molecular weight is 334 g/mol. The Morgan fingerprint density at radius 3 is 1.96 bits per heavy atom. The molecule has 0 aliphatic rings. The van der Waals surface area contributed by atoms with Gasteiger partial charge in [0.1, 0.15) is 5.82 Å². The lowest BCUT2D eigenvalue weighted by Gasteiger charge is -2.44. The zero-order valence-corrected chi connectivity index (χ0v) is 16.3. The van der Waals surface area contributed by atoms with Crippen LogP contribution in [0.1, 0.15) is 58.8 Å². The van der Waals surface area contributed by atoms with Crippen LogP contribution in [0.15, 0.2) is 24.4 Å². The van der Waals surface area contributed by atoms with E-state index >= 15 is 0 Å². The quantitative estimate of drug-likeness (QED) is 0.485. The first-order chi connectivity index (χ1) is 10.7. The second kappa shape index (κ2) is 6.23. The number of hydrogen-bond donors (Lipinski definition) is 0. The first-order valence-electron chi connectivity index (χ1n) is 8.46. The Hall–Kier alpha value is -1.42. The normalized spacial score (nSPS) is 12.8. The van der Waals surface area contributed by atoms with Gasteiger partial charge < -0.3 is 4.23 Å². The highest BCUT2D eigenvalue weighted by Gasteiger charge is 2.45. The van der Waals surface area contributed by atoms with Gasteiger partial charge in [-0.15, -0.1) is 0 Å². The summed E-state index contributed by atoms with van der Waals surface area (Å²) in [5, 5.41) is 0.566. The van der Waals surface area contributed by atoms with Gasteiger partial charge >= 0.3 is 0 Å². The molecule has 0 spiro atoms. The van der Waals surface area contributed by atoms with Gasteiger partial charge in [0.2, 0.25) is 0 Å². The van der Waals surface area contributed by atoms with E-state index in [0.29, 0.717) is 22.0 Å². The van der Waals surface area contributed by atoms with Crippen molar-refractivity contribution < 1.29 is 9.18 Å². The maximum Gasteiger partial charge on any atom is 0.169 e. The van der Waals surface area contributed by atoms with Crippen molar-refractivity contribution in [3.05, 3.63) is 35.8 Å². The van der Waals surface area contributed by atoms with Crippen molar-refractivity contribution in [2.45, 2.75) is 65.1 Å². The largest absolute Gasteiger partial charge is 0.373 e. The van der Waals surface area contributed by atoms with Crippen LogP contribution < -0.4 is 0 Å². The van der Waals surface area contributed by atoms with E-state index in [1.165, 1.54) is 6.92 Å². The summed E-state index contributed by atoms with van der Waals surface area (Å²) in [6.07, 6.45) is 2.05. The van der Waals surface area contributed by atoms with Gasteiger partial charge in [-0.05, 0) is 47.9 Å². The van der Waals surface area contributed by atoms with Gasteiger partial charge in [0, 0.05) is 10.9 Å². The highest BCUT2D eigenvalue weighted by molar-refractivity contribution is 6.82. The van der Waals surface area contributed by atoms with Gasteiger partial charge in [-0.1, -0.05) is 41.5 Å². The van der Waals surface area contributed by atoms with Crippen molar-refractivity contribution in [1.82, 2.24) is 4.23 Å². The Morgan fingerprint density at radius 1 is 1.00 bits per heavy atom. The molecule has 0 aliphatic heterocycles. The summed E-state index contributed by atoms with van der Waals surface area (Å²) < 4.78 is 17.1. The molecule has 23 heavy (non-hydrogen) atoms. The van der Waals surface area contributed by atoms with Crippen LogP contribution in [-0.4, -0.2) is 18.3 Å². The van der Waals surface area contributed by atoms with Crippen LogP contribution in [0.5, 0.6) is 0 Å². The summed E-state index contributed by atoms with van der Waals surface area (Å²) in [4.78, 5) is 11.6. The van der Waals surface area contributed by atoms with Crippen LogP contribution in [0.2, 0.25) is 16.6 Å². The van der Waals surface area contributed by atoms with Crippen LogP contribution in [0, 0.1) is 5.82 Å². The molecule has 126 valence electrons. The minimum Gasteiger partial charge on any atom is -0.373 e. The first-order valence-corrected chi connectivity index (χ1v) is 10.6. The SMILES string of the molecule is CC(=O)c1ccc2c(ccn2[Si](C(C)C)(C(C)C)C(C)C)c1F. The molecule has 0 atom stereocenters. The van der Waals surface area contributed by atoms with Crippen molar-refractivity contribution >= 4 is 24.9 Å². The fourth-order valence-electron chi connectivity index (χ4n) is 4.62. The van der Waals surface area contributed by atoms with Crippen LogP contribution in [0.4, 0.5) is 4.39 Å². The lowest BCUT2D eigenvalue weighted by molar-refractivity contribution is 0.101. The Labute approximate surface area is 139 Å². The third kappa shape index (κ3) is 2.57. The van der Waals surface area contributed by atoms with E-state index in [-0.39, 0.29) is 17.2 Å². The summed E-state index contributed by atoms with van der Waals surface area (Å²) in [6.45, 7) is 15.2. The lowest BCUT2D eigenvalue weighted by atomic mass is 10.1. The van der Waals surface area contributed by atoms with Crippen molar-refractivity contribution in [2.24, 2.45) is 0 Å². The second-order valence-corrected chi connectivity index (χ2v) is 13.2. The zero-order chi connectivity index (χ0) is 17.5. The van der Waals surface area contributed by atoms with Crippen molar-refractivity contribution in [3.8, 4) is 0 Å². The number of fused-ring (bicyclic) bond motifs is 1. The van der Waals surface area contributed by atoms with E-state index in [9.17, 15) is 9.18 Å². The molecule has 0 radical (unpaired) electrons. The Balaban J connectivity index is 2.81. The molecular formula is C19H28FNOSi. The molecule has 2 rings (SSSR count). The molecule has 0 aliphatic carbocycles. The lowest BCUT2D eigenvalue weighted by Crippen LogP contribution is -2.51. The summed E-state index contributed by atoms with van der Waals surface area (Å²) in [6, 6.07) is 5.40. The number of nitrogens with zero attached hydrogens (tertiary/aromatic N) is 1. The van der Waals surface area contributed by atoms with Gasteiger partial charge in [-0.2, -0.15) is 0 Å². The molecule has 0 bridgehead atoms. The third-order valence-corrected chi connectivity index (χ3v) is 12.2. The minimum atomic E-state index is -1.92. The molecule has 2 aromatic rings. The van der Waals surface area contributed by atoms with Gasteiger partial charge in [0.15, 0.2) is 14.0 Å². The average Bonchev–Trinajstić information content (AvgIpc) is 2.83. The van der Waals surface area contributed by atoms with Crippen molar-refractivity contribution in [1.29, 1.82) is 0 Å². The number of benzene rings is 1. The third-order valence-electron chi connectivity index (χ3n) is 5.38. The van der Waals surface area contributed by atoms with Gasteiger partial charge in [0.05, 0.1) is 5.56 Å². The van der Waals surface area contributed by atoms with E-state index in [4.69, 9.17) is 0 Å². The number of aromatic nitrogens is 1. The monoisotopic (exact) mass is 333 g/mol. The molecule has 0 amide bonds. The predicted molar refractivity (Wildman–Crippen MR) is 98.3 cm³/mol. The molecular weight excluding hydrogens is 305 g/mol. The molecule has 0 fully saturated rings.